The van der Waals surface area contributed by atoms with Crippen LogP contribution in [0.3, 0.4) is 0 Å². The minimum atomic E-state index is 0. The number of benzene rings is 1. The molecule has 0 fully saturated rings. The van der Waals surface area contributed by atoms with Gasteiger partial charge in [0.2, 0.25) is 0 Å². The Kier molecular flexibility index (Phi) is 8.40. The molecule has 6 heteroatoms. The summed E-state index contributed by atoms with van der Waals surface area (Å²) in [7, 11) is 0. The predicted molar refractivity (Wildman–Crippen MR) is 105 cm³/mol. The SMILES string of the molecule is CCNC(=NCc1ncc(C)s1)NC(C)c1ccccc1.I. The molecule has 2 aromatic rings. The Morgan fingerprint density at radius 1 is 1.32 bits per heavy atom. The highest BCUT2D eigenvalue weighted by atomic mass is 127. The zero-order chi connectivity index (χ0) is 15.1. The van der Waals surface area contributed by atoms with E-state index in [-0.39, 0.29) is 30.0 Å². The average Bonchev–Trinajstić information content (AvgIpc) is 2.91. The first-order chi connectivity index (χ1) is 10.2. The molecule has 2 N–H and O–H groups in total. The molecule has 120 valence electrons. The highest BCUT2D eigenvalue weighted by Gasteiger charge is 2.07. The molecule has 0 radical (unpaired) electrons. The van der Waals surface area contributed by atoms with Crippen LogP contribution in [0.15, 0.2) is 41.5 Å². The Bertz CT molecular complexity index is 583. The Morgan fingerprint density at radius 2 is 2.05 bits per heavy atom. The molecule has 4 nitrogen and oxygen atoms in total. The molecule has 1 unspecified atom stereocenters. The minimum Gasteiger partial charge on any atom is -0.357 e. The number of halogens is 1. The molecule has 0 bridgehead atoms. The third-order valence-corrected chi connectivity index (χ3v) is 3.94. The van der Waals surface area contributed by atoms with Crippen molar-refractivity contribution in [1.29, 1.82) is 0 Å². The highest BCUT2D eigenvalue weighted by molar-refractivity contribution is 14.0. The van der Waals surface area contributed by atoms with Crippen molar-refractivity contribution in [3.05, 3.63) is 52.0 Å². The van der Waals surface area contributed by atoms with E-state index in [0.717, 1.165) is 17.5 Å². The first-order valence-electron chi connectivity index (χ1n) is 7.20. The first kappa shape index (κ1) is 18.9. The molecule has 1 heterocycles. The van der Waals surface area contributed by atoms with Gasteiger partial charge in [-0.3, -0.25) is 0 Å². The minimum absolute atomic E-state index is 0. The predicted octanol–water partition coefficient (Wildman–Crippen LogP) is 3.89. The lowest BCUT2D eigenvalue weighted by Crippen LogP contribution is -2.38. The van der Waals surface area contributed by atoms with Crippen molar-refractivity contribution in [2.45, 2.75) is 33.4 Å². The quantitative estimate of drug-likeness (QED) is 0.430. The third kappa shape index (κ3) is 5.92. The molecule has 0 aliphatic carbocycles. The molecular formula is C16H23IN4S. The number of rotatable bonds is 5. The fourth-order valence-electron chi connectivity index (χ4n) is 1.97. The van der Waals surface area contributed by atoms with Gasteiger partial charge in [0.05, 0.1) is 12.6 Å². The molecule has 0 saturated heterocycles. The standard InChI is InChI=1S/C16H22N4S.HI/c1-4-17-16(19-11-15-18-10-12(2)21-15)20-13(3)14-8-6-5-7-9-14;/h5-10,13H,4,11H2,1-3H3,(H2,17,19,20);1H. The van der Waals surface area contributed by atoms with Crippen LogP contribution in [0.2, 0.25) is 0 Å². The monoisotopic (exact) mass is 430 g/mol. The summed E-state index contributed by atoms with van der Waals surface area (Å²) in [5, 5.41) is 7.74. The van der Waals surface area contributed by atoms with E-state index in [4.69, 9.17) is 0 Å². The number of aliphatic imine (C=N–C) groups is 1. The number of guanidine groups is 1. The summed E-state index contributed by atoms with van der Waals surface area (Å²) < 4.78 is 0. The molecule has 1 aromatic heterocycles. The lowest BCUT2D eigenvalue weighted by atomic mass is 10.1. The van der Waals surface area contributed by atoms with E-state index in [1.165, 1.54) is 10.4 Å². The van der Waals surface area contributed by atoms with E-state index in [2.05, 4.69) is 65.6 Å². The molecule has 1 aromatic carbocycles. The van der Waals surface area contributed by atoms with Crippen molar-refractivity contribution < 1.29 is 0 Å². The lowest BCUT2D eigenvalue weighted by Gasteiger charge is -2.18. The Balaban J connectivity index is 0.00000242. The van der Waals surface area contributed by atoms with E-state index < -0.39 is 0 Å². The molecule has 1 atom stereocenters. The smallest absolute Gasteiger partial charge is 0.192 e. The Labute approximate surface area is 153 Å². The largest absolute Gasteiger partial charge is 0.357 e. The van der Waals surface area contributed by atoms with Gasteiger partial charge in [0.25, 0.3) is 0 Å². The van der Waals surface area contributed by atoms with Gasteiger partial charge < -0.3 is 10.6 Å². The Hall–Kier alpha value is -1.15. The van der Waals surface area contributed by atoms with Crippen molar-refractivity contribution in [3.63, 3.8) is 0 Å². The second kappa shape index (κ2) is 9.78. The van der Waals surface area contributed by atoms with Crippen LogP contribution in [0, 0.1) is 6.92 Å². The molecule has 0 amide bonds. The molecule has 2 rings (SSSR count). The zero-order valence-corrected chi connectivity index (χ0v) is 16.3. The van der Waals surface area contributed by atoms with Gasteiger partial charge in [0, 0.05) is 17.6 Å². The topological polar surface area (TPSA) is 49.3 Å². The van der Waals surface area contributed by atoms with E-state index >= 15 is 0 Å². The summed E-state index contributed by atoms with van der Waals surface area (Å²) in [5.41, 5.74) is 1.24. The van der Waals surface area contributed by atoms with Crippen molar-refractivity contribution in [1.82, 2.24) is 15.6 Å². The van der Waals surface area contributed by atoms with E-state index in [1.807, 2.05) is 12.3 Å². The third-order valence-electron chi connectivity index (χ3n) is 3.04. The molecule has 0 aliphatic heterocycles. The van der Waals surface area contributed by atoms with Crippen molar-refractivity contribution in [2.75, 3.05) is 6.54 Å². The second-order valence-electron chi connectivity index (χ2n) is 4.84. The number of nitrogens with one attached hydrogen (secondary N) is 2. The van der Waals surface area contributed by atoms with E-state index in [9.17, 15) is 0 Å². The van der Waals surface area contributed by atoms with Crippen LogP contribution in [0.1, 0.15) is 35.3 Å². The summed E-state index contributed by atoms with van der Waals surface area (Å²) in [5.74, 6) is 0.821. The van der Waals surface area contributed by atoms with Crippen molar-refractivity contribution >= 4 is 41.3 Å². The van der Waals surface area contributed by atoms with Gasteiger partial charge in [-0.25, -0.2) is 9.98 Å². The van der Waals surface area contributed by atoms with Crippen LogP contribution in [0.5, 0.6) is 0 Å². The lowest BCUT2D eigenvalue weighted by molar-refractivity contribution is 0.686. The van der Waals surface area contributed by atoms with Crippen LogP contribution < -0.4 is 10.6 Å². The zero-order valence-electron chi connectivity index (χ0n) is 13.2. The summed E-state index contributed by atoms with van der Waals surface area (Å²) >= 11 is 1.69. The number of hydrogen-bond donors (Lipinski definition) is 2. The maximum absolute atomic E-state index is 4.60. The summed E-state index contributed by atoms with van der Waals surface area (Å²) in [6.45, 7) is 7.71. The molecule has 0 saturated carbocycles. The number of thiazole rings is 1. The second-order valence-corrected chi connectivity index (χ2v) is 6.16. The summed E-state index contributed by atoms with van der Waals surface area (Å²) in [4.78, 5) is 10.2. The fraction of sp³-hybridized carbons (Fsp3) is 0.375. The van der Waals surface area contributed by atoms with Gasteiger partial charge in [0.15, 0.2) is 5.96 Å². The van der Waals surface area contributed by atoms with E-state index in [1.54, 1.807) is 11.3 Å². The maximum Gasteiger partial charge on any atom is 0.192 e. The molecular weight excluding hydrogens is 407 g/mol. The number of hydrogen-bond acceptors (Lipinski definition) is 3. The van der Waals surface area contributed by atoms with Gasteiger partial charge in [0.1, 0.15) is 5.01 Å². The van der Waals surface area contributed by atoms with Gasteiger partial charge in [-0.15, -0.1) is 35.3 Å². The van der Waals surface area contributed by atoms with Crippen LogP contribution in [-0.2, 0) is 6.54 Å². The normalized spacial score (nSPS) is 12.4. The Morgan fingerprint density at radius 3 is 2.64 bits per heavy atom. The van der Waals surface area contributed by atoms with Gasteiger partial charge in [-0.1, -0.05) is 30.3 Å². The van der Waals surface area contributed by atoms with Crippen LogP contribution in [-0.4, -0.2) is 17.5 Å². The molecule has 0 aliphatic rings. The first-order valence-corrected chi connectivity index (χ1v) is 8.01. The highest BCUT2D eigenvalue weighted by Crippen LogP contribution is 2.13. The van der Waals surface area contributed by atoms with Crippen LogP contribution in [0.25, 0.3) is 0 Å². The number of aromatic nitrogens is 1. The summed E-state index contributed by atoms with van der Waals surface area (Å²) in [6.07, 6.45) is 1.89. The van der Waals surface area contributed by atoms with Gasteiger partial charge in [-0.2, -0.15) is 0 Å². The van der Waals surface area contributed by atoms with Gasteiger partial charge in [-0.05, 0) is 26.3 Å². The van der Waals surface area contributed by atoms with Crippen molar-refractivity contribution in [3.8, 4) is 0 Å². The summed E-state index contributed by atoms with van der Waals surface area (Å²) in [6, 6.07) is 10.6. The fourth-order valence-corrected chi connectivity index (χ4v) is 2.68. The molecule has 22 heavy (non-hydrogen) atoms. The average molecular weight is 430 g/mol. The maximum atomic E-state index is 4.60. The number of aryl methyl sites for hydroxylation is 1. The number of nitrogens with zero attached hydrogens (tertiary/aromatic N) is 2. The van der Waals surface area contributed by atoms with E-state index in [0.29, 0.717) is 6.54 Å². The van der Waals surface area contributed by atoms with Crippen LogP contribution >= 0.6 is 35.3 Å². The van der Waals surface area contributed by atoms with Crippen molar-refractivity contribution in [2.24, 2.45) is 4.99 Å². The molecule has 0 spiro atoms. The van der Waals surface area contributed by atoms with Crippen LogP contribution in [0.4, 0.5) is 0 Å². The van der Waals surface area contributed by atoms with Gasteiger partial charge >= 0.3 is 0 Å².